The zero-order valence-corrected chi connectivity index (χ0v) is 27.3. The van der Waals surface area contributed by atoms with E-state index in [-0.39, 0.29) is 59.8 Å². The van der Waals surface area contributed by atoms with E-state index in [2.05, 4.69) is 24.3 Å². The van der Waals surface area contributed by atoms with Crippen LogP contribution in [0.1, 0.15) is 48.9 Å². The summed E-state index contributed by atoms with van der Waals surface area (Å²) in [7, 11) is 0. The van der Waals surface area contributed by atoms with Gasteiger partial charge in [0.25, 0.3) is 0 Å². The molecular formula is C40H26N8O2. The molecule has 0 heterocycles. The number of hydrogen-bond acceptors (Lipinski definition) is 10. The molecule has 0 fully saturated rings. The Balaban J connectivity index is 1.68. The Bertz CT molecular complexity index is 2300. The van der Waals surface area contributed by atoms with E-state index in [0.717, 1.165) is 0 Å². The minimum absolute atomic E-state index is 0.118. The molecule has 0 spiro atoms. The predicted molar refractivity (Wildman–Crippen MR) is 179 cm³/mol. The number of nitrogens with zero attached hydrogens (tertiary/aromatic N) is 8. The molecule has 0 aliphatic heterocycles. The van der Waals surface area contributed by atoms with Crippen molar-refractivity contribution in [1.29, 1.82) is 42.1 Å². The molecule has 10 heteroatoms. The fourth-order valence-electron chi connectivity index (χ4n) is 6.95. The normalized spacial score (nSPS) is 18.6. The molecule has 1 aromatic rings. The molecule has 0 radical (unpaired) electrons. The van der Waals surface area contributed by atoms with Crippen LogP contribution in [0.15, 0.2) is 92.2 Å². The lowest BCUT2D eigenvalue weighted by molar-refractivity contribution is 0.122. The Labute approximate surface area is 290 Å². The summed E-state index contributed by atoms with van der Waals surface area (Å²) in [6.45, 7) is 4.87. The van der Waals surface area contributed by atoms with E-state index >= 15 is 0 Å². The first-order valence-corrected chi connectivity index (χ1v) is 15.7. The molecule has 2 unspecified atom stereocenters. The number of allylic oxidation sites excluding steroid dienone is 15. The molecular weight excluding hydrogens is 624 g/mol. The van der Waals surface area contributed by atoms with Gasteiger partial charge in [-0.2, -0.15) is 42.1 Å². The Morgan fingerprint density at radius 2 is 1.44 bits per heavy atom. The molecule has 1 aromatic carbocycles. The van der Waals surface area contributed by atoms with Gasteiger partial charge >= 0.3 is 0 Å². The second-order valence-electron chi connectivity index (χ2n) is 11.6. The van der Waals surface area contributed by atoms with E-state index in [1.54, 1.807) is 30.4 Å². The van der Waals surface area contributed by atoms with E-state index in [9.17, 15) is 42.1 Å². The molecule has 0 saturated carbocycles. The van der Waals surface area contributed by atoms with Crippen molar-refractivity contribution in [3.05, 3.63) is 114 Å². The Morgan fingerprint density at radius 1 is 0.760 bits per heavy atom. The Hall–Kier alpha value is -7.02. The fraction of sp³-hybridized carbons (Fsp3) is 0.250. The molecule has 10 nitrogen and oxygen atoms in total. The van der Waals surface area contributed by atoms with Crippen molar-refractivity contribution in [2.24, 2.45) is 11.8 Å². The summed E-state index contributed by atoms with van der Waals surface area (Å²) in [5.74, 6) is -0.923. The summed E-state index contributed by atoms with van der Waals surface area (Å²) < 4.78 is 11.2. The molecule has 4 aliphatic carbocycles. The minimum atomic E-state index is -0.584. The summed E-state index contributed by atoms with van der Waals surface area (Å²) in [5.41, 5.74) is 5.31. The zero-order chi connectivity index (χ0) is 35.9. The van der Waals surface area contributed by atoms with Crippen LogP contribution in [-0.4, -0.2) is 19.8 Å². The molecule has 0 bridgehead atoms. The monoisotopic (exact) mass is 650 g/mol. The van der Waals surface area contributed by atoms with Crippen LogP contribution >= 0.6 is 0 Å². The highest BCUT2D eigenvalue weighted by molar-refractivity contribution is 6.07. The third-order valence-corrected chi connectivity index (χ3v) is 9.08. The average Bonchev–Trinajstić information content (AvgIpc) is 3.64. The molecule has 2 atom stereocenters. The number of benzene rings is 1. The number of nitriles is 8. The lowest BCUT2D eigenvalue weighted by atomic mass is 9.77. The van der Waals surface area contributed by atoms with E-state index in [0.29, 0.717) is 74.5 Å². The minimum Gasteiger partial charge on any atom is -0.381 e. The van der Waals surface area contributed by atoms with E-state index in [1.807, 2.05) is 44.2 Å². The number of ether oxygens (including phenoxy) is 2. The van der Waals surface area contributed by atoms with Crippen molar-refractivity contribution in [2.45, 2.75) is 33.3 Å². The van der Waals surface area contributed by atoms with E-state index in [1.165, 1.54) is 0 Å². The van der Waals surface area contributed by atoms with Gasteiger partial charge in [0.15, 0.2) is 0 Å². The lowest BCUT2D eigenvalue weighted by Crippen LogP contribution is -2.17. The molecule has 4 aliphatic rings. The van der Waals surface area contributed by atoms with Gasteiger partial charge in [0, 0.05) is 52.9 Å². The first-order valence-electron chi connectivity index (χ1n) is 15.7. The second-order valence-corrected chi connectivity index (χ2v) is 11.6. The maximum absolute atomic E-state index is 10.5. The molecule has 50 heavy (non-hydrogen) atoms. The molecule has 238 valence electrons. The zero-order valence-electron chi connectivity index (χ0n) is 27.3. The van der Waals surface area contributed by atoms with Gasteiger partial charge in [0.1, 0.15) is 47.6 Å². The van der Waals surface area contributed by atoms with E-state index in [4.69, 9.17) is 9.47 Å². The highest BCUT2D eigenvalue weighted by Crippen LogP contribution is 2.53. The van der Waals surface area contributed by atoms with Crippen LogP contribution in [0.2, 0.25) is 0 Å². The third kappa shape index (κ3) is 5.72. The first-order chi connectivity index (χ1) is 24.4. The van der Waals surface area contributed by atoms with Gasteiger partial charge in [-0.1, -0.05) is 18.2 Å². The molecule has 0 aromatic heterocycles. The topological polar surface area (TPSA) is 209 Å². The van der Waals surface area contributed by atoms with Crippen molar-refractivity contribution >= 4 is 11.1 Å². The summed E-state index contributed by atoms with van der Waals surface area (Å²) in [6, 6.07) is 20.1. The molecule has 0 saturated heterocycles. The van der Waals surface area contributed by atoms with Gasteiger partial charge in [-0.25, -0.2) is 0 Å². The largest absolute Gasteiger partial charge is 0.381 e. The van der Waals surface area contributed by atoms with Gasteiger partial charge in [-0.05, 0) is 78.3 Å². The average molecular weight is 651 g/mol. The van der Waals surface area contributed by atoms with Crippen molar-refractivity contribution in [1.82, 2.24) is 0 Å². The fourth-order valence-corrected chi connectivity index (χ4v) is 6.95. The van der Waals surface area contributed by atoms with Gasteiger partial charge < -0.3 is 9.47 Å². The van der Waals surface area contributed by atoms with Crippen molar-refractivity contribution in [2.75, 3.05) is 19.8 Å². The highest BCUT2D eigenvalue weighted by atomic mass is 16.5. The third-order valence-electron chi connectivity index (χ3n) is 9.08. The van der Waals surface area contributed by atoms with Crippen LogP contribution in [0.4, 0.5) is 0 Å². The maximum Gasteiger partial charge on any atom is 0.137 e. The first kappa shape index (κ1) is 34.3. The summed E-state index contributed by atoms with van der Waals surface area (Å²) in [4.78, 5) is 0. The van der Waals surface area contributed by atoms with Crippen molar-refractivity contribution in [3.8, 4) is 48.6 Å². The van der Waals surface area contributed by atoms with Crippen LogP contribution in [0.5, 0.6) is 0 Å². The van der Waals surface area contributed by atoms with Crippen molar-refractivity contribution in [3.63, 3.8) is 0 Å². The van der Waals surface area contributed by atoms with Crippen LogP contribution < -0.4 is 0 Å². The quantitative estimate of drug-likeness (QED) is 0.273. The predicted octanol–water partition coefficient (Wildman–Crippen LogP) is 6.67. The van der Waals surface area contributed by atoms with Crippen LogP contribution in [0.25, 0.3) is 11.1 Å². The number of fused-ring (bicyclic) bond motifs is 1. The van der Waals surface area contributed by atoms with Crippen LogP contribution in [0, 0.1) is 102 Å². The van der Waals surface area contributed by atoms with E-state index < -0.39 is 5.92 Å². The Morgan fingerprint density at radius 3 is 2.04 bits per heavy atom. The van der Waals surface area contributed by atoms with Crippen LogP contribution in [-0.2, 0) is 16.1 Å². The molecule has 5 rings (SSSR count). The van der Waals surface area contributed by atoms with Gasteiger partial charge in [0.05, 0.1) is 42.1 Å². The summed E-state index contributed by atoms with van der Waals surface area (Å²) in [5, 5.41) is 81.3. The second kappa shape index (κ2) is 14.8. The molecule has 0 N–H and O–H groups in total. The SMILES string of the molecule is CCOCc1cc2c(cc1C#N)C(C#N)=C(C1C=CC=C(C3=C(C#N)C4=C(CC(COCC)C(C#N)=C4)C3=C(C#N)C#N)C1)C2=C(C#N)C#N. The highest BCUT2D eigenvalue weighted by Gasteiger charge is 2.40. The Kier molecular flexibility index (Phi) is 10.2. The van der Waals surface area contributed by atoms with Crippen molar-refractivity contribution < 1.29 is 9.47 Å². The maximum atomic E-state index is 10.5. The van der Waals surface area contributed by atoms with Crippen LogP contribution in [0.3, 0.4) is 0 Å². The number of rotatable bonds is 8. The summed E-state index contributed by atoms with van der Waals surface area (Å²) >= 11 is 0. The van der Waals surface area contributed by atoms with Gasteiger partial charge in [-0.3, -0.25) is 0 Å². The summed E-state index contributed by atoms with van der Waals surface area (Å²) in [6.07, 6.45) is 7.46. The van der Waals surface area contributed by atoms with Gasteiger partial charge in [-0.15, -0.1) is 0 Å². The standard InChI is InChI=1S/C40H26N8O2/c1-3-49-21-27-11-33-31(9-25(27)13-41)35(19-47)37(39(33)29(15-43)16-44)23-6-5-7-24(8-23)38-36(20-48)32-10-26(14-42)28(22-50-4-2)12-34(32)40(38)30(17-45)18-46/h5-7,9-11,23,28H,3-4,8,12,21-22H2,1-2H3. The smallest absolute Gasteiger partial charge is 0.137 e. The van der Waals surface area contributed by atoms with Gasteiger partial charge in [0.2, 0.25) is 0 Å². The number of hydrogen-bond donors (Lipinski definition) is 0. The lowest BCUT2D eigenvalue weighted by Gasteiger charge is -2.25. The molecule has 0 amide bonds.